The van der Waals surface area contributed by atoms with E-state index in [0.29, 0.717) is 13.0 Å². The maximum Gasteiger partial charge on any atom is 0.326 e. The Hall–Kier alpha value is -2.09. The van der Waals surface area contributed by atoms with Crippen molar-refractivity contribution in [1.29, 1.82) is 0 Å². The maximum atomic E-state index is 11.8. The number of carboxylic acid groups (broad SMARTS) is 1. The van der Waals surface area contributed by atoms with E-state index in [-0.39, 0.29) is 13.0 Å². The van der Waals surface area contributed by atoms with Crippen LogP contribution in [-0.4, -0.2) is 62.3 Å². The average Bonchev–Trinajstić information content (AvgIpc) is 2.98. The van der Waals surface area contributed by atoms with Gasteiger partial charge < -0.3 is 25.4 Å². The molecule has 4 N–H and O–H groups in total. The zero-order valence-corrected chi connectivity index (χ0v) is 10.2. The van der Waals surface area contributed by atoms with E-state index in [9.17, 15) is 14.7 Å². The Morgan fingerprint density at radius 2 is 2.37 bits per heavy atom. The Labute approximate surface area is 109 Å². The van der Waals surface area contributed by atoms with Gasteiger partial charge in [-0.15, -0.1) is 0 Å². The SMILES string of the molecule is O=C(O)[C@H]1C[C@@H](O)CN1C(=O)NCCc1ncc[nH]1. The van der Waals surface area contributed by atoms with Gasteiger partial charge in [-0.25, -0.2) is 14.6 Å². The fourth-order valence-corrected chi connectivity index (χ4v) is 2.10. The van der Waals surface area contributed by atoms with E-state index in [0.717, 1.165) is 10.7 Å². The smallest absolute Gasteiger partial charge is 0.326 e. The number of urea groups is 1. The van der Waals surface area contributed by atoms with E-state index in [4.69, 9.17) is 5.11 Å². The van der Waals surface area contributed by atoms with Crippen molar-refractivity contribution in [3.05, 3.63) is 18.2 Å². The van der Waals surface area contributed by atoms with Crippen molar-refractivity contribution in [2.75, 3.05) is 13.1 Å². The summed E-state index contributed by atoms with van der Waals surface area (Å²) in [5, 5.41) is 21.0. The molecular formula is C11H16N4O4. The van der Waals surface area contributed by atoms with Gasteiger partial charge in [-0.2, -0.15) is 0 Å². The number of carbonyl (C=O) groups is 2. The highest BCUT2D eigenvalue weighted by atomic mass is 16.4. The zero-order chi connectivity index (χ0) is 13.8. The molecule has 8 heteroatoms. The normalized spacial score (nSPS) is 22.5. The summed E-state index contributed by atoms with van der Waals surface area (Å²) in [5.41, 5.74) is 0. The zero-order valence-electron chi connectivity index (χ0n) is 10.2. The number of nitrogens with zero attached hydrogens (tertiary/aromatic N) is 2. The lowest BCUT2D eigenvalue weighted by Gasteiger charge is -2.21. The first-order valence-electron chi connectivity index (χ1n) is 6.01. The Balaban J connectivity index is 1.83. The topological polar surface area (TPSA) is 119 Å². The first-order valence-corrected chi connectivity index (χ1v) is 6.01. The predicted molar refractivity (Wildman–Crippen MR) is 64.4 cm³/mol. The molecule has 2 heterocycles. The van der Waals surface area contributed by atoms with Crippen LogP contribution in [0.1, 0.15) is 12.2 Å². The minimum absolute atomic E-state index is 0.0452. The molecule has 0 aliphatic carbocycles. The Bertz CT molecular complexity index is 448. The van der Waals surface area contributed by atoms with Crippen molar-refractivity contribution in [3.8, 4) is 0 Å². The number of carboxylic acids is 1. The highest BCUT2D eigenvalue weighted by Crippen LogP contribution is 2.17. The summed E-state index contributed by atoms with van der Waals surface area (Å²) in [6.07, 6.45) is 3.13. The minimum atomic E-state index is -1.10. The van der Waals surface area contributed by atoms with Crippen LogP contribution in [-0.2, 0) is 11.2 Å². The molecule has 1 aliphatic heterocycles. The average molecular weight is 268 g/mol. The summed E-state index contributed by atoms with van der Waals surface area (Å²) in [6.45, 7) is 0.398. The molecule has 1 aromatic rings. The van der Waals surface area contributed by atoms with Crippen LogP contribution in [0.5, 0.6) is 0 Å². The van der Waals surface area contributed by atoms with E-state index in [1.807, 2.05) is 0 Å². The number of hydrogen-bond acceptors (Lipinski definition) is 4. The number of aromatic amines is 1. The van der Waals surface area contributed by atoms with Crippen molar-refractivity contribution in [3.63, 3.8) is 0 Å². The number of hydrogen-bond donors (Lipinski definition) is 4. The number of β-amino-alcohol motifs (C(OH)–C–C–N with tert-alkyl or cyclic N) is 1. The van der Waals surface area contributed by atoms with Gasteiger partial charge in [0, 0.05) is 38.3 Å². The molecule has 1 fully saturated rings. The number of H-pyrrole nitrogens is 1. The monoisotopic (exact) mass is 268 g/mol. The second-order valence-corrected chi connectivity index (χ2v) is 4.41. The lowest BCUT2D eigenvalue weighted by atomic mass is 10.2. The number of aliphatic hydroxyl groups excluding tert-OH is 1. The number of aliphatic hydroxyl groups is 1. The molecular weight excluding hydrogens is 252 g/mol. The molecule has 104 valence electrons. The molecule has 0 saturated carbocycles. The molecule has 2 amide bonds. The van der Waals surface area contributed by atoms with Gasteiger partial charge in [0.25, 0.3) is 0 Å². The van der Waals surface area contributed by atoms with Crippen molar-refractivity contribution < 1.29 is 19.8 Å². The number of aliphatic carboxylic acids is 1. The van der Waals surface area contributed by atoms with Crippen LogP contribution in [0.15, 0.2) is 12.4 Å². The van der Waals surface area contributed by atoms with Crippen LogP contribution in [0.2, 0.25) is 0 Å². The van der Waals surface area contributed by atoms with Crippen LogP contribution in [0.3, 0.4) is 0 Å². The van der Waals surface area contributed by atoms with Crippen LogP contribution in [0, 0.1) is 0 Å². The summed E-state index contributed by atoms with van der Waals surface area (Å²) in [6, 6.07) is -1.44. The van der Waals surface area contributed by atoms with E-state index in [1.54, 1.807) is 12.4 Å². The number of imidazole rings is 1. The van der Waals surface area contributed by atoms with Crippen LogP contribution < -0.4 is 5.32 Å². The number of nitrogens with one attached hydrogen (secondary N) is 2. The molecule has 0 bridgehead atoms. The largest absolute Gasteiger partial charge is 0.480 e. The van der Waals surface area contributed by atoms with Crippen molar-refractivity contribution in [2.24, 2.45) is 0 Å². The van der Waals surface area contributed by atoms with Gasteiger partial charge in [-0.3, -0.25) is 0 Å². The van der Waals surface area contributed by atoms with Crippen LogP contribution in [0.25, 0.3) is 0 Å². The Morgan fingerprint density at radius 1 is 1.58 bits per heavy atom. The lowest BCUT2D eigenvalue weighted by Crippen LogP contribution is -2.46. The van der Waals surface area contributed by atoms with Gasteiger partial charge in [-0.1, -0.05) is 0 Å². The first kappa shape index (κ1) is 13.3. The molecule has 8 nitrogen and oxygen atoms in total. The third-order valence-corrected chi connectivity index (χ3v) is 3.02. The van der Waals surface area contributed by atoms with E-state index in [2.05, 4.69) is 15.3 Å². The van der Waals surface area contributed by atoms with Gasteiger partial charge in [-0.05, 0) is 0 Å². The summed E-state index contributed by atoms with van der Waals surface area (Å²) in [5.74, 6) is -0.353. The van der Waals surface area contributed by atoms with Crippen LogP contribution in [0.4, 0.5) is 4.79 Å². The predicted octanol–water partition coefficient (Wildman–Crippen LogP) is -0.818. The van der Waals surface area contributed by atoms with Gasteiger partial charge >= 0.3 is 12.0 Å². The molecule has 0 spiro atoms. The van der Waals surface area contributed by atoms with Crippen molar-refractivity contribution >= 4 is 12.0 Å². The number of aromatic nitrogens is 2. The molecule has 0 aromatic carbocycles. The van der Waals surface area contributed by atoms with Gasteiger partial charge in [0.15, 0.2) is 0 Å². The summed E-state index contributed by atoms with van der Waals surface area (Å²) in [7, 11) is 0. The maximum absolute atomic E-state index is 11.8. The Kier molecular flexibility index (Phi) is 4.00. The summed E-state index contributed by atoms with van der Waals surface area (Å²) >= 11 is 0. The second kappa shape index (κ2) is 5.70. The number of rotatable bonds is 4. The first-order chi connectivity index (χ1) is 9.08. The fourth-order valence-electron chi connectivity index (χ4n) is 2.10. The molecule has 1 saturated heterocycles. The third-order valence-electron chi connectivity index (χ3n) is 3.02. The van der Waals surface area contributed by atoms with E-state index in [1.165, 1.54) is 0 Å². The Morgan fingerprint density at radius 3 is 3.00 bits per heavy atom. The fraction of sp³-hybridized carbons (Fsp3) is 0.545. The molecule has 1 aliphatic rings. The standard InChI is InChI=1S/C11H16N4O4/c16-7-5-8(10(17)18)15(6-7)11(19)14-2-1-9-12-3-4-13-9/h3-4,7-8,16H,1-2,5-6H2,(H,12,13)(H,14,19)(H,17,18)/t7-,8-/m1/s1. The summed E-state index contributed by atoms with van der Waals surface area (Å²) < 4.78 is 0. The molecule has 19 heavy (non-hydrogen) atoms. The molecule has 1 aromatic heterocycles. The molecule has 0 unspecified atom stereocenters. The minimum Gasteiger partial charge on any atom is -0.480 e. The number of likely N-dealkylation sites (tertiary alicyclic amines) is 1. The highest BCUT2D eigenvalue weighted by molar-refractivity contribution is 5.83. The molecule has 2 atom stereocenters. The number of carbonyl (C=O) groups excluding carboxylic acids is 1. The highest BCUT2D eigenvalue weighted by Gasteiger charge is 2.38. The molecule has 0 radical (unpaired) electrons. The number of amides is 2. The van der Waals surface area contributed by atoms with Crippen molar-refractivity contribution in [1.82, 2.24) is 20.2 Å². The second-order valence-electron chi connectivity index (χ2n) is 4.41. The van der Waals surface area contributed by atoms with E-state index >= 15 is 0 Å². The molecule has 2 rings (SSSR count). The van der Waals surface area contributed by atoms with Gasteiger partial charge in [0.1, 0.15) is 11.9 Å². The quantitative estimate of drug-likeness (QED) is 0.569. The summed E-state index contributed by atoms with van der Waals surface area (Å²) in [4.78, 5) is 30.9. The van der Waals surface area contributed by atoms with Gasteiger partial charge in [0.05, 0.1) is 6.10 Å². The third kappa shape index (κ3) is 3.22. The van der Waals surface area contributed by atoms with Crippen LogP contribution >= 0.6 is 0 Å². The van der Waals surface area contributed by atoms with Crippen molar-refractivity contribution in [2.45, 2.75) is 25.0 Å². The van der Waals surface area contributed by atoms with Gasteiger partial charge in [0.2, 0.25) is 0 Å². The van der Waals surface area contributed by atoms with E-state index < -0.39 is 24.1 Å². The lowest BCUT2D eigenvalue weighted by molar-refractivity contribution is -0.141.